The molecule has 0 unspecified atom stereocenters. The van der Waals surface area contributed by atoms with E-state index in [-0.39, 0.29) is 34.9 Å². The van der Waals surface area contributed by atoms with Gasteiger partial charge >= 0.3 is 0 Å². The summed E-state index contributed by atoms with van der Waals surface area (Å²) >= 11 is 0.694. The molecule has 1 N–H and O–H groups in total. The second kappa shape index (κ2) is 9.43. The largest absolute Gasteiger partial charge is 0.378 e. The summed E-state index contributed by atoms with van der Waals surface area (Å²) in [6.45, 7) is 3.01. The quantitative estimate of drug-likeness (QED) is 0.458. The molecular weight excluding hydrogens is 535 g/mol. The van der Waals surface area contributed by atoms with Gasteiger partial charge in [0.15, 0.2) is 10.0 Å². The highest BCUT2D eigenvalue weighted by molar-refractivity contribution is 7.89. The van der Waals surface area contributed by atoms with E-state index in [0.29, 0.717) is 49.0 Å². The lowest BCUT2D eigenvalue weighted by Crippen LogP contribution is -2.63. The van der Waals surface area contributed by atoms with Gasteiger partial charge in [-0.05, 0) is 12.1 Å². The van der Waals surface area contributed by atoms with Crippen molar-refractivity contribution in [2.24, 2.45) is 0 Å². The first kappa shape index (κ1) is 24.9. The van der Waals surface area contributed by atoms with Gasteiger partial charge in [0.05, 0.1) is 42.9 Å². The predicted octanol–water partition coefficient (Wildman–Crippen LogP) is 1.33. The van der Waals surface area contributed by atoms with E-state index in [1.165, 1.54) is 18.5 Å². The van der Waals surface area contributed by atoms with Gasteiger partial charge in [-0.25, -0.2) is 26.6 Å². The van der Waals surface area contributed by atoms with E-state index >= 15 is 0 Å². The van der Waals surface area contributed by atoms with Gasteiger partial charge in [-0.2, -0.15) is 4.72 Å². The molecule has 3 aliphatic heterocycles. The number of rotatable bonds is 7. The van der Waals surface area contributed by atoms with Crippen molar-refractivity contribution in [3.63, 3.8) is 0 Å². The second-order valence-electron chi connectivity index (χ2n) is 9.37. The van der Waals surface area contributed by atoms with E-state index in [4.69, 9.17) is 9.47 Å². The molecule has 3 aromatic heterocycles. The SMILES string of the molecule is O=S(=O)(NC1(CF)COC1)c1cc(N2CCN3CCOC[C@H]3C2)n2cnc(-c3nnc(C(F)F)s3)c2c1. The van der Waals surface area contributed by atoms with E-state index in [1.807, 2.05) is 0 Å². The Morgan fingerprint density at radius 2 is 2.03 bits per heavy atom. The predicted molar refractivity (Wildman–Crippen MR) is 127 cm³/mol. The molecule has 1 atom stereocenters. The molecule has 0 aromatic carbocycles. The van der Waals surface area contributed by atoms with Crippen LogP contribution in [-0.2, 0) is 19.5 Å². The van der Waals surface area contributed by atoms with E-state index in [1.54, 1.807) is 4.40 Å². The molecule has 200 valence electrons. The normalized spacial score (nSPS) is 22.4. The Kier molecular flexibility index (Phi) is 6.35. The number of hydrogen-bond donors (Lipinski definition) is 1. The number of anilines is 1. The van der Waals surface area contributed by atoms with Crippen molar-refractivity contribution in [1.29, 1.82) is 0 Å². The van der Waals surface area contributed by atoms with Gasteiger partial charge in [0.25, 0.3) is 6.43 Å². The highest BCUT2D eigenvalue weighted by Gasteiger charge is 2.43. The van der Waals surface area contributed by atoms with Gasteiger partial charge in [0.1, 0.15) is 30.1 Å². The third kappa shape index (κ3) is 4.48. The van der Waals surface area contributed by atoms with Gasteiger partial charge in [-0.1, -0.05) is 11.3 Å². The maximum absolute atomic E-state index is 13.7. The van der Waals surface area contributed by atoms with E-state index in [2.05, 4.69) is 29.7 Å². The van der Waals surface area contributed by atoms with Gasteiger partial charge in [-0.3, -0.25) is 9.30 Å². The first-order chi connectivity index (χ1) is 17.8. The number of alkyl halides is 3. The number of fused-ring (bicyclic) bond motifs is 2. The Bertz CT molecular complexity index is 1410. The third-order valence-corrected chi connectivity index (χ3v) is 9.36. The summed E-state index contributed by atoms with van der Waals surface area (Å²) in [5.41, 5.74) is -0.726. The van der Waals surface area contributed by atoms with Crippen LogP contribution >= 0.6 is 11.3 Å². The molecule has 3 fully saturated rings. The molecular formula is C21H24F3N7O4S2. The molecule has 11 nitrogen and oxygen atoms in total. The van der Waals surface area contributed by atoms with Crippen molar-refractivity contribution in [2.45, 2.75) is 22.9 Å². The van der Waals surface area contributed by atoms with Crippen LogP contribution < -0.4 is 9.62 Å². The number of halogens is 3. The molecule has 0 saturated carbocycles. The summed E-state index contributed by atoms with van der Waals surface area (Å²) in [7, 11) is -4.18. The first-order valence-corrected chi connectivity index (χ1v) is 14.0. The minimum Gasteiger partial charge on any atom is -0.378 e. The molecule has 3 saturated heterocycles. The summed E-state index contributed by atoms with van der Waals surface area (Å²) in [4.78, 5) is 8.68. The van der Waals surface area contributed by atoms with Crippen LogP contribution in [0.1, 0.15) is 11.4 Å². The lowest BCUT2D eigenvalue weighted by molar-refractivity contribution is -0.0725. The lowest BCUT2D eigenvalue weighted by Gasteiger charge is -2.44. The maximum atomic E-state index is 13.7. The average molecular weight is 560 g/mol. The summed E-state index contributed by atoms with van der Waals surface area (Å²) in [5, 5.41) is 7.09. The van der Waals surface area contributed by atoms with Crippen LogP contribution in [0.3, 0.4) is 0 Å². The second-order valence-corrected chi connectivity index (χ2v) is 12.1. The van der Waals surface area contributed by atoms with E-state index in [0.717, 1.165) is 13.1 Å². The highest BCUT2D eigenvalue weighted by atomic mass is 32.2. The van der Waals surface area contributed by atoms with Crippen molar-refractivity contribution in [3.8, 4) is 10.7 Å². The number of aromatic nitrogens is 4. The maximum Gasteiger partial charge on any atom is 0.291 e. The van der Waals surface area contributed by atoms with E-state index in [9.17, 15) is 21.6 Å². The van der Waals surface area contributed by atoms with Gasteiger partial charge in [0.2, 0.25) is 10.0 Å². The number of sulfonamides is 1. The van der Waals surface area contributed by atoms with Crippen LogP contribution in [0.15, 0.2) is 23.4 Å². The van der Waals surface area contributed by atoms with Crippen molar-refractivity contribution in [1.82, 2.24) is 29.2 Å². The van der Waals surface area contributed by atoms with Crippen molar-refractivity contribution in [3.05, 3.63) is 23.5 Å². The number of piperazine rings is 1. The zero-order valence-corrected chi connectivity index (χ0v) is 21.2. The highest BCUT2D eigenvalue weighted by Crippen LogP contribution is 2.35. The van der Waals surface area contributed by atoms with Crippen molar-refractivity contribution in [2.75, 3.05) is 64.2 Å². The zero-order valence-electron chi connectivity index (χ0n) is 19.5. The van der Waals surface area contributed by atoms with Crippen molar-refractivity contribution >= 4 is 32.7 Å². The fourth-order valence-corrected chi connectivity index (χ4v) is 6.94. The summed E-state index contributed by atoms with van der Waals surface area (Å²) in [6, 6.07) is 3.05. The minimum atomic E-state index is -4.18. The number of morpholine rings is 1. The first-order valence-electron chi connectivity index (χ1n) is 11.7. The standard InChI is InChI=1S/C21H24F3N7O4S2/c22-9-21(10-35-11-21)28-37(32,33)14-5-15-17(19-26-27-20(36-19)18(23)24)25-12-31(15)16(6-14)30-2-1-29-3-4-34-8-13(29)7-30/h5-6,12-13,18,28H,1-4,7-11H2/t13-/m1/s1. The Morgan fingerprint density at radius 3 is 2.73 bits per heavy atom. The number of imidazole rings is 1. The average Bonchev–Trinajstić information content (AvgIpc) is 3.53. The molecule has 0 aliphatic carbocycles. The Balaban J connectivity index is 1.45. The molecule has 3 aromatic rings. The van der Waals surface area contributed by atoms with Crippen LogP contribution in [0.4, 0.5) is 19.0 Å². The van der Waals surface area contributed by atoms with E-state index < -0.39 is 33.7 Å². The van der Waals surface area contributed by atoms with Crippen LogP contribution in [0.5, 0.6) is 0 Å². The molecule has 0 bridgehead atoms. The minimum absolute atomic E-state index is 0.0689. The lowest BCUT2D eigenvalue weighted by atomic mass is 10.0. The van der Waals surface area contributed by atoms with Gasteiger partial charge < -0.3 is 14.4 Å². The Labute approximate surface area is 214 Å². The molecule has 16 heteroatoms. The molecule has 6 rings (SSSR count). The number of nitrogens with one attached hydrogen (secondary N) is 1. The van der Waals surface area contributed by atoms with Gasteiger partial charge in [-0.15, -0.1) is 10.2 Å². The number of nitrogens with zero attached hydrogens (tertiary/aromatic N) is 6. The van der Waals surface area contributed by atoms with Crippen LogP contribution in [0, 0.1) is 0 Å². The third-order valence-electron chi connectivity index (χ3n) is 6.87. The summed E-state index contributed by atoms with van der Waals surface area (Å²) in [5.74, 6) is 0.555. The van der Waals surface area contributed by atoms with Crippen LogP contribution in [0.25, 0.3) is 16.2 Å². The fourth-order valence-electron chi connectivity index (χ4n) is 4.84. The van der Waals surface area contributed by atoms with Crippen LogP contribution in [-0.4, -0.2) is 104 Å². The zero-order chi connectivity index (χ0) is 25.8. The fraction of sp³-hybridized carbons (Fsp3) is 0.571. The number of pyridine rings is 1. The smallest absolute Gasteiger partial charge is 0.291 e. The van der Waals surface area contributed by atoms with Crippen molar-refractivity contribution < 1.29 is 31.1 Å². The summed E-state index contributed by atoms with van der Waals surface area (Å²) < 4.78 is 81.8. The Morgan fingerprint density at radius 1 is 1.19 bits per heavy atom. The number of hydrogen-bond acceptors (Lipinski definition) is 10. The monoisotopic (exact) mass is 559 g/mol. The molecule has 37 heavy (non-hydrogen) atoms. The van der Waals surface area contributed by atoms with Crippen LogP contribution in [0.2, 0.25) is 0 Å². The summed E-state index contributed by atoms with van der Waals surface area (Å²) in [6.07, 6.45) is -1.27. The van der Waals surface area contributed by atoms with Gasteiger partial charge in [0, 0.05) is 26.2 Å². The number of ether oxygens (including phenoxy) is 2. The molecule has 0 radical (unpaired) electrons. The molecule has 0 amide bonds. The molecule has 6 heterocycles. The Hall–Kier alpha value is -2.37. The molecule has 0 spiro atoms. The topological polar surface area (TPSA) is 114 Å². The molecule has 3 aliphatic rings.